The van der Waals surface area contributed by atoms with Crippen molar-refractivity contribution in [2.75, 3.05) is 19.0 Å². The van der Waals surface area contributed by atoms with Crippen LogP contribution in [0.1, 0.15) is 15.9 Å². The van der Waals surface area contributed by atoms with Gasteiger partial charge in [-0.05, 0) is 18.2 Å². The minimum atomic E-state index is -4.78. The number of hydrogen-bond acceptors (Lipinski definition) is 1. The first kappa shape index (κ1) is 17.6. The molecule has 21 heavy (non-hydrogen) atoms. The summed E-state index contributed by atoms with van der Waals surface area (Å²) in [6.45, 7) is -1.37. The lowest BCUT2D eigenvalue weighted by Gasteiger charge is -2.22. The Hall–Kier alpha value is -1.44. The summed E-state index contributed by atoms with van der Waals surface area (Å²) in [6.07, 6.45) is -7.69. The summed E-state index contributed by atoms with van der Waals surface area (Å²) >= 11 is 5.34. The predicted octanol–water partition coefficient (Wildman–Crippen LogP) is 3.79. The van der Waals surface area contributed by atoms with Gasteiger partial charge in [-0.1, -0.05) is 0 Å². The van der Waals surface area contributed by atoms with Gasteiger partial charge in [0.15, 0.2) is 0 Å². The number of halogens is 7. The topological polar surface area (TPSA) is 20.3 Å². The fourth-order valence-corrected chi connectivity index (χ4v) is 1.78. The Labute approximate surface area is 121 Å². The maximum Gasteiger partial charge on any atom is 0.416 e. The van der Waals surface area contributed by atoms with E-state index in [-0.39, 0.29) is 12.4 Å². The lowest BCUT2D eigenvalue weighted by atomic mass is 10.1. The summed E-state index contributed by atoms with van der Waals surface area (Å²) in [5.41, 5.74) is -2.16. The fourth-order valence-electron chi connectivity index (χ4n) is 1.58. The maximum absolute atomic E-state index is 13.5. The van der Waals surface area contributed by atoms with Gasteiger partial charge in [-0.2, -0.15) is 13.2 Å². The lowest BCUT2D eigenvalue weighted by molar-refractivity contribution is -0.137. The molecule has 0 spiro atoms. The Morgan fingerprint density at radius 2 is 1.90 bits per heavy atom. The first-order chi connectivity index (χ1) is 9.66. The zero-order valence-corrected chi connectivity index (χ0v) is 11.2. The van der Waals surface area contributed by atoms with Crippen molar-refractivity contribution >= 4 is 17.5 Å². The Morgan fingerprint density at radius 1 is 1.29 bits per heavy atom. The largest absolute Gasteiger partial charge is 0.416 e. The number of amides is 1. The molecule has 0 fully saturated rings. The smallest absolute Gasteiger partial charge is 0.332 e. The van der Waals surface area contributed by atoms with Crippen molar-refractivity contribution in [3.05, 3.63) is 35.1 Å². The van der Waals surface area contributed by atoms with Crippen LogP contribution in [0.5, 0.6) is 0 Å². The van der Waals surface area contributed by atoms with Crippen molar-refractivity contribution in [3.8, 4) is 0 Å². The highest BCUT2D eigenvalue weighted by atomic mass is 35.5. The molecule has 0 atom stereocenters. The number of carbonyl (C=O) groups excluding carboxylic acids is 1. The SMILES string of the molecule is O=C(c1cc(C(F)(F)F)ccc1F)N(CCCl)CC(F)F. The van der Waals surface area contributed by atoms with Crippen molar-refractivity contribution in [1.29, 1.82) is 0 Å². The third kappa shape index (κ3) is 4.80. The van der Waals surface area contributed by atoms with Gasteiger partial charge in [-0.15, -0.1) is 11.6 Å². The maximum atomic E-state index is 13.5. The lowest BCUT2D eigenvalue weighted by Crippen LogP contribution is -2.37. The molecule has 2 nitrogen and oxygen atoms in total. The molecule has 0 aliphatic rings. The van der Waals surface area contributed by atoms with Crippen LogP contribution in [0, 0.1) is 5.82 Å². The molecule has 0 radical (unpaired) electrons. The van der Waals surface area contributed by atoms with Crippen LogP contribution in [0.2, 0.25) is 0 Å². The third-order valence-corrected chi connectivity index (χ3v) is 2.69. The number of benzene rings is 1. The van der Waals surface area contributed by atoms with Crippen LogP contribution >= 0.6 is 11.6 Å². The molecule has 0 saturated heterocycles. The molecular weight excluding hydrogens is 324 g/mol. The second-order valence-corrected chi connectivity index (χ2v) is 4.40. The highest BCUT2D eigenvalue weighted by Gasteiger charge is 2.32. The van der Waals surface area contributed by atoms with Crippen molar-refractivity contribution in [1.82, 2.24) is 4.90 Å². The van der Waals surface area contributed by atoms with Crippen molar-refractivity contribution in [2.24, 2.45) is 0 Å². The van der Waals surface area contributed by atoms with E-state index >= 15 is 0 Å². The van der Waals surface area contributed by atoms with E-state index in [2.05, 4.69) is 0 Å². The second kappa shape index (κ2) is 7.02. The zero-order valence-electron chi connectivity index (χ0n) is 10.4. The summed E-state index contributed by atoms with van der Waals surface area (Å²) in [7, 11) is 0. The molecule has 0 bridgehead atoms. The van der Waals surface area contributed by atoms with Gasteiger partial charge in [0.25, 0.3) is 12.3 Å². The molecule has 0 aromatic heterocycles. The molecular formula is C12H10ClF6NO. The number of rotatable bonds is 5. The zero-order chi connectivity index (χ0) is 16.2. The Kier molecular flexibility index (Phi) is 5.88. The molecule has 1 amide bonds. The van der Waals surface area contributed by atoms with Gasteiger partial charge in [0.1, 0.15) is 5.82 Å². The monoisotopic (exact) mass is 333 g/mol. The number of carbonyl (C=O) groups is 1. The van der Waals surface area contributed by atoms with E-state index in [9.17, 15) is 31.1 Å². The van der Waals surface area contributed by atoms with E-state index in [1.165, 1.54) is 0 Å². The van der Waals surface area contributed by atoms with Crippen LogP contribution in [-0.2, 0) is 6.18 Å². The molecule has 0 aliphatic carbocycles. The molecule has 1 aromatic rings. The molecule has 9 heteroatoms. The van der Waals surface area contributed by atoms with Gasteiger partial charge in [0, 0.05) is 12.4 Å². The summed E-state index contributed by atoms with van der Waals surface area (Å²) in [6, 6.07) is 1.23. The summed E-state index contributed by atoms with van der Waals surface area (Å²) in [4.78, 5) is 12.4. The highest BCUT2D eigenvalue weighted by Crippen LogP contribution is 2.30. The first-order valence-corrected chi connectivity index (χ1v) is 6.20. The number of hydrogen-bond donors (Lipinski definition) is 0. The molecule has 0 saturated carbocycles. The van der Waals surface area contributed by atoms with E-state index < -0.39 is 42.0 Å². The van der Waals surface area contributed by atoms with E-state index in [0.29, 0.717) is 23.1 Å². The van der Waals surface area contributed by atoms with Crippen molar-refractivity contribution in [2.45, 2.75) is 12.6 Å². The second-order valence-electron chi connectivity index (χ2n) is 4.02. The van der Waals surface area contributed by atoms with Gasteiger partial charge in [0.2, 0.25) is 0 Å². The number of alkyl halides is 6. The van der Waals surface area contributed by atoms with Crippen LogP contribution < -0.4 is 0 Å². The van der Waals surface area contributed by atoms with E-state index in [0.717, 1.165) is 0 Å². The third-order valence-electron chi connectivity index (χ3n) is 2.52. The fraction of sp³-hybridized carbons (Fsp3) is 0.417. The van der Waals surface area contributed by atoms with Gasteiger partial charge >= 0.3 is 6.18 Å². The molecule has 118 valence electrons. The van der Waals surface area contributed by atoms with Crippen LogP contribution in [-0.4, -0.2) is 36.2 Å². The molecule has 0 aliphatic heterocycles. The summed E-state index contributed by atoms with van der Waals surface area (Å²) in [5, 5.41) is 0. The molecule has 1 rings (SSSR count). The van der Waals surface area contributed by atoms with Gasteiger partial charge < -0.3 is 4.90 Å². The Bertz CT molecular complexity index is 505. The first-order valence-electron chi connectivity index (χ1n) is 5.67. The molecule has 0 heterocycles. The molecule has 1 aromatic carbocycles. The quantitative estimate of drug-likeness (QED) is 0.593. The predicted molar refractivity (Wildman–Crippen MR) is 64.0 cm³/mol. The Morgan fingerprint density at radius 3 is 2.38 bits per heavy atom. The Balaban J connectivity index is 3.14. The minimum Gasteiger partial charge on any atom is -0.332 e. The average molecular weight is 334 g/mol. The van der Waals surface area contributed by atoms with Crippen LogP contribution in [0.3, 0.4) is 0 Å². The van der Waals surface area contributed by atoms with E-state index in [4.69, 9.17) is 11.6 Å². The van der Waals surface area contributed by atoms with Gasteiger partial charge in [-0.25, -0.2) is 13.2 Å². The van der Waals surface area contributed by atoms with Crippen LogP contribution in [0.4, 0.5) is 26.3 Å². The van der Waals surface area contributed by atoms with Crippen molar-refractivity contribution < 1.29 is 31.1 Å². The summed E-state index contributed by atoms with van der Waals surface area (Å²) < 4.78 is 75.8. The molecule has 0 N–H and O–H groups in total. The van der Waals surface area contributed by atoms with Crippen LogP contribution in [0.15, 0.2) is 18.2 Å². The average Bonchev–Trinajstić information content (AvgIpc) is 2.36. The van der Waals surface area contributed by atoms with E-state index in [1.54, 1.807) is 0 Å². The summed E-state index contributed by atoms with van der Waals surface area (Å²) in [5.74, 6) is -2.69. The van der Waals surface area contributed by atoms with Crippen molar-refractivity contribution in [3.63, 3.8) is 0 Å². The van der Waals surface area contributed by atoms with Crippen LogP contribution in [0.25, 0.3) is 0 Å². The highest BCUT2D eigenvalue weighted by molar-refractivity contribution is 6.18. The standard InChI is InChI=1S/C12H10ClF6NO/c13-3-4-20(6-10(15)16)11(21)8-5-7(12(17,18)19)1-2-9(8)14/h1-2,5,10H,3-4,6H2. The van der Waals surface area contributed by atoms with E-state index in [1.807, 2.05) is 0 Å². The van der Waals surface area contributed by atoms with Gasteiger partial charge in [0.05, 0.1) is 17.7 Å². The van der Waals surface area contributed by atoms with Gasteiger partial charge in [-0.3, -0.25) is 4.79 Å². The molecule has 0 unspecified atom stereocenters. The normalized spacial score (nSPS) is 11.8. The number of nitrogens with zero attached hydrogens (tertiary/aromatic N) is 1. The minimum absolute atomic E-state index is 0.209.